The lowest BCUT2D eigenvalue weighted by Gasteiger charge is -2.17. The third-order valence-electron chi connectivity index (χ3n) is 4.95. The van der Waals surface area contributed by atoms with Gasteiger partial charge in [0.05, 0.1) is 24.6 Å². The van der Waals surface area contributed by atoms with Crippen molar-refractivity contribution in [2.24, 2.45) is 11.8 Å². The highest BCUT2D eigenvalue weighted by molar-refractivity contribution is 5.89. The zero-order chi connectivity index (χ0) is 20.1. The number of hydrogen-bond acceptors (Lipinski definition) is 4. The van der Waals surface area contributed by atoms with Gasteiger partial charge in [0, 0.05) is 19.5 Å². The molecule has 7 heteroatoms. The summed E-state index contributed by atoms with van der Waals surface area (Å²) in [6.45, 7) is 2.62. The number of carbonyl (C=O) groups is 3. The van der Waals surface area contributed by atoms with E-state index in [-0.39, 0.29) is 24.8 Å². The van der Waals surface area contributed by atoms with Gasteiger partial charge in [0.1, 0.15) is 5.76 Å². The quantitative estimate of drug-likeness (QED) is 0.725. The summed E-state index contributed by atoms with van der Waals surface area (Å²) in [7, 11) is 0. The van der Waals surface area contributed by atoms with Crippen LogP contribution in [0.2, 0.25) is 0 Å². The van der Waals surface area contributed by atoms with E-state index in [1.807, 2.05) is 31.2 Å². The van der Waals surface area contributed by atoms with Crippen LogP contribution >= 0.6 is 0 Å². The minimum Gasteiger partial charge on any atom is -0.481 e. The van der Waals surface area contributed by atoms with Crippen LogP contribution < -0.4 is 5.32 Å². The molecule has 1 aromatic carbocycles. The molecule has 0 aliphatic carbocycles. The van der Waals surface area contributed by atoms with Crippen LogP contribution in [0.5, 0.6) is 0 Å². The number of aliphatic carboxylic acids is 1. The second-order valence-electron chi connectivity index (χ2n) is 7.23. The van der Waals surface area contributed by atoms with E-state index in [0.29, 0.717) is 25.3 Å². The van der Waals surface area contributed by atoms with Gasteiger partial charge in [-0.3, -0.25) is 14.4 Å². The van der Waals surface area contributed by atoms with Gasteiger partial charge < -0.3 is 19.7 Å². The fourth-order valence-corrected chi connectivity index (χ4v) is 3.43. The molecule has 1 fully saturated rings. The van der Waals surface area contributed by atoms with E-state index in [9.17, 15) is 19.5 Å². The number of carbonyl (C=O) groups excluding carboxylic acids is 2. The molecule has 0 bridgehead atoms. The van der Waals surface area contributed by atoms with Crippen LogP contribution in [0.3, 0.4) is 0 Å². The highest BCUT2D eigenvalue weighted by Crippen LogP contribution is 2.21. The van der Waals surface area contributed by atoms with E-state index < -0.39 is 17.8 Å². The van der Waals surface area contributed by atoms with E-state index in [1.165, 1.54) is 0 Å². The van der Waals surface area contributed by atoms with E-state index >= 15 is 0 Å². The van der Waals surface area contributed by atoms with Crippen molar-refractivity contribution < 1.29 is 23.9 Å². The fourth-order valence-electron chi connectivity index (χ4n) is 3.43. The Labute approximate surface area is 163 Å². The monoisotopic (exact) mass is 384 g/mol. The predicted octanol–water partition coefficient (Wildman–Crippen LogP) is 2.00. The Morgan fingerprint density at radius 3 is 2.82 bits per heavy atom. The predicted molar refractivity (Wildman–Crippen MR) is 101 cm³/mol. The van der Waals surface area contributed by atoms with Gasteiger partial charge in [-0.1, -0.05) is 29.8 Å². The van der Waals surface area contributed by atoms with Gasteiger partial charge in [-0.25, -0.2) is 0 Å². The Bertz CT molecular complexity index is 846. The first-order valence-corrected chi connectivity index (χ1v) is 9.28. The van der Waals surface area contributed by atoms with Crippen molar-refractivity contribution in [1.29, 1.82) is 0 Å². The van der Waals surface area contributed by atoms with Gasteiger partial charge in [-0.05, 0) is 31.0 Å². The lowest BCUT2D eigenvalue weighted by Crippen LogP contribution is -2.38. The molecule has 2 N–H and O–H groups in total. The van der Waals surface area contributed by atoms with E-state index in [2.05, 4.69) is 5.32 Å². The van der Waals surface area contributed by atoms with Crippen LogP contribution in [0, 0.1) is 18.8 Å². The number of rotatable bonds is 8. The number of carboxylic acid groups (broad SMARTS) is 1. The Morgan fingerprint density at radius 2 is 2.14 bits per heavy atom. The summed E-state index contributed by atoms with van der Waals surface area (Å²) in [5.41, 5.74) is 1.98. The molecule has 148 valence electrons. The Morgan fingerprint density at radius 1 is 1.32 bits per heavy atom. The standard InChI is InChI=1S/C21H24N2O5/c1-14-4-2-5-15(8-14)9-16(21(26)27)11-22-20(25)17-10-19(24)23(12-17)13-18-6-3-7-28-18/h2-8,16-17H,9-13H2,1H3,(H,22,25)(H,26,27)/t16-,17+/m1/s1. The zero-order valence-corrected chi connectivity index (χ0v) is 15.8. The number of furan rings is 1. The van der Waals surface area contributed by atoms with Crippen molar-refractivity contribution in [2.75, 3.05) is 13.1 Å². The van der Waals surface area contributed by atoms with E-state index in [0.717, 1.165) is 11.1 Å². The Balaban J connectivity index is 1.53. The first-order chi connectivity index (χ1) is 13.4. The maximum atomic E-state index is 12.5. The topological polar surface area (TPSA) is 99.9 Å². The van der Waals surface area contributed by atoms with Gasteiger partial charge >= 0.3 is 5.97 Å². The van der Waals surface area contributed by atoms with Crippen LogP contribution in [0.4, 0.5) is 0 Å². The maximum absolute atomic E-state index is 12.5. The van der Waals surface area contributed by atoms with Crippen molar-refractivity contribution in [1.82, 2.24) is 10.2 Å². The van der Waals surface area contributed by atoms with E-state index in [1.54, 1.807) is 23.3 Å². The molecule has 2 heterocycles. The van der Waals surface area contributed by atoms with Gasteiger partial charge in [-0.2, -0.15) is 0 Å². The highest BCUT2D eigenvalue weighted by Gasteiger charge is 2.35. The molecule has 0 radical (unpaired) electrons. The molecule has 1 saturated heterocycles. The zero-order valence-electron chi connectivity index (χ0n) is 15.8. The summed E-state index contributed by atoms with van der Waals surface area (Å²) in [6, 6.07) is 11.2. The van der Waals surface area contributed by atoms with Gasteiger partial charge in [0.25, 0.3) is 0 Å². The van der Waals surface area contributed by atoms with Crippen molar-refractivity contribution in [3.8, 4) is 0 Å². The maximum Gasteiger partial charge on any atom is 0.308 e. The number of aryl methyl sites for hydroxylation is 1. The number of benzene rings is 1. The number of carboxylic acids is 1. The largest absolute Gasteiger partial charge is 0.481 e. The summed E-state index contributed by atoms with van der Waals surface area (Å²) < 4.78 is 5.25. The average molecular weight is 384 g/mol. The number of likely N-dealkylation sites (tertiary alicyclic amines) is 1. The number of nitrogens with zero attached hydrogens (tertiary/aromatic N) is 1. The molecule has 0 saturated carbocycles. The van der Waals surface area contributed by atoms with Gasteiger partial charge in [0.15, 0.2) is 0 Å². The molecular formula is C21H24N2O5. The molecule has 2 amide bonds. The summed E-state index contributed by atoms with van der Waals surface area (Å²) >= 11 is 0. The lowest BCUT2D eigenvalue weighted by atomic mass is 9.97. The molecule has 0 spiro atoms. The first-order valence-electron chi connectivity index (χ1n) is 9.28. The van der Waals surface area contributed by atoms with Crippen LogP contribution in [-0.4, -0.2) is 40.9 Å². The summed E-state index contributed by atoms with van der Waals surface area (Å²) in [5.74, 6) is -1.88. The van der Waals surface area contributed by atoms with Crippen molar-refractivity contribution >= 4 is 17.8 Å². The second-order valence-corrected chi connectivity index (χ2v) is 7.23. The average Bonchev–Trinajstić information content (AvgIpc) is 3.29. The Hall–Kier alpha value is -3.09. The third kappa shape index (κ3) is 5.00. The summed E-state index contributed by atoms with van der Waals surface area (Å²) in [4.78, 5) is 37.8. The first kappa shape index (κ1) is 19.7. The molecule has 1 aromatic heterocycles. The minimum atomic E-state index is -0.955. The smallest absolute Gasteiger partial charge is 0.308 e. The van der Waals surface area contributed by atoms with Crippen LogP contribution in [0.25, 0.3) is 0 Å². The van der Waals surface area contributed by atoms with Crippen molar-refractivity contribution in [3.05, 3.63) is 59.5 Å². The number of hydrogen-bond donors (Lipinski definition) is 2. The lowest BCUT2D eigenvalue weighted by molar-refractivity contribution is -0.141. The number of nitrogens with one attached hydrogen (secondary N) is 1. The molecule has 1 aliphatic heterocycles. The van der Waals surface area contributed by atoms with Gasteiger partial charge in [0.2, 0.25) is 11.8 Å². The molecule has 0 unspecified atom stereocenters. The molecule has 3 rings (SSSR count). The molecule has 7 nitrogen and oxygen atoms in total. The second kappa shape index (κ2) is 8.73. The molecule has 2 atom stereocenters. The fraction of sp³-hybridized carbons (Fsp3) is 0.381. The van der Waals surface area contributed by atoms with Crippen LogP contribution in [-0.2, 0) is 27.3 Å². The SMILES string of the molecule is Cc1cccc(C[C@H](CNC(=O)[C@H]2CC(=O)N(Cc3ccco3)C2)C(=O)O)c1. The normalized spacial score (nSPS) is 17.5. The summed E-state index contributed by atoms with van der Waals surface area (Å²) in [6.07, 6.45) is 2.01. The number of amides is 2. The molecule has 1 aliphatic rings. The van der Waals surface area contributed by atoms with E-state index in [4.69, 9.17) is 4.42 Å². The molecule has 28 heavy (non-hydrogen) atoms. The van der Waals surface area contributed by atoms with Crippen LogP contribution in [0.1, 0.15) is 23.3 Å². The highest BCUT2D eigenvalue weighted by atomic mass is 16.4. The molecular weight excluding hydrogens is 360 g/mol. The van der Waals surface area contributed by atoms with Crippen molar-refractivity contribution in [2.45, 2.75) is 26.3 Å². The Kier molecular flexibility index (Phi) is 6.13. The minimum absolute atomic E-state index is 0.0327. The van der Waals surface area contributed by atoms with Crippen LogP contribution in [0.15, 0.2) is 47.1 Å². The van der Waals surface area contributed by atoms with Crippen molar-refractivity contribution in [3.63, 3.8) is 0 Å². The van der Waals surface area contributed by atoms with Gasteiger partial charge in [-0.15, -0.1) is 0 Å². The summed E-state index contributed by atoms with van der Waals surface area (Å²) in [5, 5.41) is 12.2. The third-order valence-corrected chi connectivity index (χ3v) is 4.95. The molecule has 2 aromatic rings.